The number of aryl methyl sites for hydroxylation is 2. The Kier molecular flexibility index (Phi) is 3.87. The summed E-state index contributed by atoms with van der Waals surface area (Å²) >= 11 is 1.39. The van der Waals surface area contributed by atoms with Crippen LogP contribution in [0.3, 0.4) is 0 Å². The minimum absolute atomic E-state index is 0.0347. The highest BCUT2D eigenvalue weighted by molar-refractivity contribution is 7.11. The van der Waals surface area contributed by atoms with Crippen LogP contribution in [0.1, 0.15) is 29.0 Å². The van der Waals surface area contributed by atoms with Crippen molar-refractivity contribution >= 4 is 17.2 Å². The molecule has 1 aliphatic heterocycles. The van der Waals surface area contributed by atoms with E-state index >= 15 is 0 Å². The Morgan fingerprint density at radius 3 is 2.76 bits per heavy atom. The lowest BCUT2D eigenvalue weighted by Crippen LogP contribution is -2.42. The van der Waals surface area contributed by atoms with Crippen molar-refractivity contribution in [1.82, 2.24) is 24.9 Å². The van der Waals surface area contributed by atoms with Crippen molar-refractivity contribution in [1.29, 1.82) is 0 Å². The van der Waals surface area contributed by atoms with E-state index < -0.39 is 0 Å². The molecule has 0 N–H and O–H groups in total. The second kappa shape index (κ2) is 5.80. The first kappa shape index (κ1) is 14.0. The monoisotopic (exact) mass is 307 g/mol. The Balaban J connectivity index is 1.58. The molecule has 21 heavy (non-hydrogen) atoms. The van der Waals surface area contributed by atoms with E-state index in [4.69, 9.17) is 4.74 Å². The molecule has 7 nitrogen and oxygen atoms in total. The maximum Gasteiger partial charge on any atom is 0.294 e. The van der Waals surface area contributed by atoms with Crippen molar-refractivity contribution in [3.8, 4) is 5.19 Å². The molecule has 0 saturated carbocycles. The first-order chi connectivity index (χ1) is 10.1. The maximum atomic E-state index is 12.5. The lowest BCUT2D eigenvalue weighted by molar-refractivity contribution is 0.0584. The first-order valence-corrected chi connectivity index (χ1v) is 7.74. The summed E-state index contributed by atoms with van der Waals surface area (Å²) in [6, 6.07) is 1.83. The zero-order chi connectivity index (χ0) is 14.8. The van der Waals surface area contributed by atoms with E-state index in [1.165, 1.54) is 11.3 Å². The van der Waals surface area contributed by atoms with Gasteiger partial charge in [-0.05, 0) is 13.0 Å². The minimum Gasteiger partial charge on any atom is -0.465 e. The second-order valence-electron chi connectivity index (χ2n) is 5.11. The summed E-state index contributed by atoms with van der Waals surface area (Å²) in [7, 11) is 1.80. The molecule has 0 spiro atoms. The molecule has 0 unspecified atom stereocenters. The van der Waals surface area contributed by atoms with Gasteiger partial charge in [0.1, 0.15) is 17.3 Å². The molecule has 1 fully saturated rings. The Morgan fingerprint density at radius 1 is 1.43 bits per heavy atom. The van der Waals surface area contributed by atoms with E-state index in [2.05, 4.69) is 15.3 Å². The number of aromatic nitrogens is 4. The molecule has 112 valence electrons. The first-order valence-electron chi connectivity index (χ1n) is 6.86. The van der Waals surface area contributed by atoms with Gasteiger partial charge in [-0.1, -0.05) is 11.3 Å². The van der Waals surface area contributed by atoms with Crippen LogP contribution >= 0.6 is 11.3 Å². The van der Waals surface area contributed by atoms with E-state index in [9.17, 15) is 4.79 Å². The summed E-state index contributed by atoms with van der Waals surface area (Å²) in [4.78, 5) is 14.3. The van der Waals surface area contributed by atoms with E-state index in [1.807, 2.05) is 17.9 Å². The number of ether oxygens (including phenoxy) is 1. The third-order valence-electron chi connectivity index (χ3n) is 3.56. The van der Waals surface area contributed by atoms with Gasteiger partial charge in [0.2, 0.25) is 0 Å². The van der Waals surface area contributed by atoms with Crippen molar-refractivity contribution in [2.24, 2.45) is 7.05 Å². The van der Waals surface area contributed by atoms with E-state index in [0.717, 1.165) is 18.5 Å². The highest BCUT2D eigenvalue weighted by Gasteiger charge is 2.26. The van der Waals surface area contributed by atoms with Gasteiger partial charge in [-0.3, -0.25) is 9.48 Å². The molecule has 2 aromatic rings. The lowest BCUT2D eigenvalue weighted by Gasteiger charge is -2.31. The van der Waals surface area contributed by atoms with E-state index in [0.29, 0.717) is 24.0 Å². The number of amides is 1. The second-order valence-corrected chi connectivity index (χ2v) is 5.90. The molecule has 1 amide bonds. The highest BCUT2D eigenvalue weighted by atomic mass is 32.1. The van der Waals surface area contributed by atoms with Crippen molar-refractivity contribution in [3.05, 3.63) is 23.0 Å². The fourth-order valence-corrected chi connectivity index (χ4v) is 2.98. The van der Waals surface area contributed by atoms with Gasteiger partial charge in [0.15, 0.2) is 0 Å². The molecule has 1 aliphatic rings. The fraction of sp³-hybridized carbons (Fsp3) is 0.538. The van der Waals surface area contributed by atoms with Crippen molar-refractivity contribution in [2.75, 3.05) is 13.1 Å². The normalized spacial score (nSPS) is 16.2. The Bertz CT molecular complexity index is 617. The highest BCUT2D eigenvalue weighted by Crippen LogP contribution is 2.21. The molecule has 0 aromatic carbocycles. The van der Waals surface area contributed by atoms with Crippen molar-refractivity contribution < 1.29 is 9.53 Å². The number of rotatable bonds is 3. The minimum atomic E-state index is 0.0347. The standard InChI is InChI=1S/C13H17N5O2S/c1-9-7-11(17(2)16-9)12(19)18-5-3-10(4-6-18)20-13-15-14-8-21-13/h7-8,10H,3-6H2,1-2H3. The van der Waals surface area contributed by atoms with E-state index in [-0.39, 0.29) is 12.0 Å². The van der Waals surface area contributed by atoms with Gasteiger partial charge in [-0.2, -0.15) is 5.10 Å². The molecule has 0 aliphatic carbocycles. The van der Waals surface area contributed by atoms with Crippen LogP contribution in [0.4, 0.5) is 0 Å². The number of hydrogen-bond donors (Lipinski definition) is 0. The lowest BCUT2D eigenvalue weighted by atomic mass is 10.1. The number of likely N-dealkylation sites (tertiary alicyclic amines) is 1. The van der Waals surface area contributed by atoms with Gasteiger partial charge < -0.3 is 9.64 Å². The van der Waals surface area contributed by atoms with Crippen LogP contribution in [0.15, 0.2) is 11.6 Å². The number of carbonyl (C=O) groups excluding carboxylic acids is 1. The smallest absolute Gasteiger partial charge is 0.294 e. The SMILES string of the molecule is Cc1cc(C(=O)N2CCC(Oc3nncs3)CC2)n(C)n1. The number of carbonyl (C=O) groups is 1. The third kappa shape index (κ3) is 3.05. The van der Waals surface area contributed by atoms with Gasteiger partial charge >= 0.3 is 0 Å². The summed E-state index contributed by atoms with van der Waals surface area (Å²) in [5.74, 6) is 0.0347. The molecule has 8 heteroatoms. The molecule has 0 atom stereocenters. The molecule has 3 rings (SSSR count). The molecular formula is C13H17N5O2S. The van der Waals surface area contributed by atoms with Crippen LogP contribution in [0.5, 0.6) is 5.19 Å². The van der Waals surface area contributed by atoms with Crippen LogP contribution in [0.25, 0.3) is 0 Å². The summed E-state index contributed by atoms with van der Waals surface area (Å²) in [5, 5.41) is 12.5. The summed E-state index contributed by atoms with van der Waals surface area (Å²) in [6.07, 6.45) is 1.72. The summed E-state index contributed by atoms with van der Waals surface area (Å²) < 4.78 is 7.39. The largest absolute Gasteiger partial charge is 0.465 e. The van der Waals surface area contributed by atoms with E-state index in [1.54, 1.807) is 17.2 Å². The predicted molar refractivity (Wildman–Crippen MR) is 77.4 cm³/mol. The average Bonchev–Trinajstić information content (AvgIpc) is 3.08. The Morgan fingerprint density at radius 2 is 2.19 bits per heavy atom. The van der Waals surface area contributed by atoms with Gasteiger partial charge in [0, 0.05) is 33.0 Å². The van der Waals surface area contributed by atoms with Gasteiger partial charge in [0.05, 0.1) is 5.69 Å². The molecule has 0 bridgehead atoms. The fourth-order valence-electron chi connectivity index (χ4n) is 2.51. The quantitative estimate of drug-likeness (QED) is 0.853. The van der Waals surface area contributed by atoms with Crippen LogP contribution < -0.4 is 4.74 Å². The van der Waals surface area contributed by atoms with Crippen LogP contribution in [-0.4, -0.2) is 50.0 Å². The summed E-state index contributed by atoms with van der Waals surface area (Å²) in [6.45, 7) is 3.26. The van der Waals surface area contributed by atoms with Gasteiger partial charge in [-0.25, -0.2) is 0 Å². The Hall–Kier alpha value is -1.96. The van der Waals surface area contributed by atoms with Crippen LogP contribution in [0.2, 0.25) is 0 Å². The van der Waals surface area contributed by atoms with Crippen molar-refractivity contribution in [2.45, 2.75) is 25.9 Å². The third-order valence-corrected chi connectivity index (χ3v) is 4.14. The van der Waals surface area contributed by atoms with Gasteiger partial charge in [0.25, 0.3) is 11.1 Å². The average molecular weight is 307 g/mol. The Labute approximate surface area is 126 Å². The number of nitrogens with zero attached hydrogens (tertiary/aromatic N) is 5. The van der Waals surface area contributed by atoms with Gasteiger partial charge in [-0.15, -0.1) is 10.2 Å². The number of piperidine rings is 1. The molecule has 0 radical (unpaired) electrons. The zero-order valence-electron chi connectivity index (χ0n) is 12.0. The van der Waals surface area contributed by atoms with Crippen molar-refractivity contribution in [3.63, 3.8) is 0 Å². The topological polar surface area (TPSA) is 73.1 Å². The molecule has 2 aromatic heterocycles. The molecular weight excluding hydrogens is 290 g/mol. The number of hydrogen-bond acceptors (Lipinski definition) is 6. The zero-order valence-corrected chi connectivity index (χ0v) is 12.8. The maximum absolute atomic E-state index is 12.5. The summed E-state index contributed by atoms with van der Waals surface area (Å²) in [5.41, 5.74) is 3.14. The predicted octanol–water partition coefficient (Wildman–Crippen LogP) is 1.26. The molecule has 1 saturated heterocycles. The van der Waals surface area contributed by atoms with Crippen LogP contribution in [0, 0.1) is 6.92 Å². The van der Waals surface area contributed by atoms with Crippen LogP contribution in [-0.2, 0) is 7.05 Å². The molecule has 3 heterocycles.